The predicted octanol–water partition coefficient (Wildman–Crippen LogP) is 4.66. The highest BCUT2D eigenvalue weighted by Crippen LogP contribution is 2.30. The molecule has 0 spiro atoms. The van der Waals surface area contributed by atoms with Crippen LogP contribution in [0.1, 0.15) is 49.8 Å². The number of halogens is 4. The number of carbonyl (C=O) groups is 1. The molecule has 0 atom stereocenters. The second-order valence-electron chi connectivity index (χ2n) is 9.69. The van der Waals surface area contributed by atoms with Gasteiger partial charge in [0.05, 0.1) is 6.42 Å². The van der Waals surface area contributed by atoms with Crippen LogP contribution in [0.15, 0.2) is 28.9 Å². The molecule has 1 aliphatic heterocycles. The Morgan fingerprint density at radius 1 is 1.24 bits per heavy atom. The van der Waals surface area contributed by atoms with Crippen LogP contribution in [0.2, 0.25) is 0 Å². The van der Waals surface area contributed by atoms with Gasteiger partial charge in [0.25, 0.3) is 0 Å². The fourth-order valence-corrected chi connectivity index (χ4v) is 4.82. The molecule has 0 bridgehead atoms. The summed E-state index contributed by atoms with van der Waals surface area (Å²) in [5.74, 6) is -0.745. The summed E-state index contributed by atoms with van der Waals surface area (Å²) in [5.41, 5.74) is 1.86. The van der Waals surface area contributed by atoms with Gasteiger partial charge in [-0.2, -0.15) is 17.6 Å². The summed E-state index contributed by atoms with van der Waals surface area (Å²) in [4.78, 5) is 22.7. The van der Waals surface area contributed by atoms with Gasteiger partial charge in [-0.25, -0.2) is 9.98 Å². The molecule has 37 heavy (non-hydrogen) atoms. The minimum Gasteiger partial charge on any atom is -0.468 e. The topological polar surface area (TPSA) is 90.7 Å². The lowest BCUT2D eigenvalue weighted by Crippen LogP contribution is -2.29. The number of nitrogens with zero attached hydrogens (tertiary/aromatic N) is 3. The Morgan fingerprint density at radius 3 is 2.65 bits per heavy atom. The smallest absolute Gasteiger partial charge is 0.422 e. The van der Waals surface area contributed by atoms with Crippen LogP contribution < -0.4 is 10.1 Å². The maximum Gasteiger partial charge on any atom is 0.422 e. The molecule has 2 aliphatic rings. The molecule has 1 fully saturated rings. The van der Waals surface area contributed by atoms with Crippen molar-refractivity contribution < 1.29 is 27.1 Å². The zero-order chi connectivity index (χ0) is 26.8. The van der Waals surface area contributed by atoms with Crippen molar-refractivity contribution in [3.63, 3.8) is 0 Å². The van der Waals surface area contributed by atoms with E-state index in [0.29, 0.717) is 12.3 Å². The van der Waals surface area contributed by atoms with Gasteiger partial charge in [0, 0.05) is 56.3 Å². The molecule has 7 nitrogen and oxygen atoms in total. The number of hydrogen-bond donors (Lipinski definition) is 2. The first-order chi connectivity index (χ1) is 17.6. The highest BCUT2D eigenvalue weighted by atomic mass is 19.4. The van der Waals surface area contributed by atoms with Crippen molar-refractivity contribution in [2.75, 3.05) is 33.3 Å². The Kier molecular flexibility index (Phi) is 10.6. The van der Waals surface area contributed by atoms with Gasteiger partial charge >= 0.3 is 6.18 Å². The first-order valence-electron chi connectivity index (χ1n) is 12.7. The molecular formula is C26H35F4N5O2. The average molecular weight is 526 g/mol. The van der Waals surface area contributed by atoms with E-state index in [2.05, 4.69) is 20.2 Å². The van der Waals surface area contributed by atoms with E-state index in [1.165, 1.54) is 12.3 Å². The molecule has 2 N–H and O–H groups in total. The van der Waals surface area contributed by atoms with Crippen molar-refractivity contribution in [3.05, 3.63) is 35.2 Å². The van der Waals surface area contributed by atoms with E-state index in [1.54, 1.807) is 13.3 Å². The average Bonchev–Trinajstić information content (AvgIpc) is 3.07. The fraction of sp³-hybridized carbons (Fsp3) is 0.615. The van der Waals surface area contributed by atoms with Crippen LogP contribution in [0.25, 0.3) is 0 Å². The van der Waals surface area contributed by atoms with E-state index < -0.39 is 24.7 Å². The molecule has 0 radical (unpaired) electrons. The van der Waals surface area contributed by atoms with Crippen LogP contribution in [0, 0.1) is 17.2 Å². The number of nitrogens with one attached hydrogen (secondary N) is 2. The summed E-state index contributed by atoms with van der Waals surface area (Å²) in [5, 5.41) is 9.70. The molecular weight excluding hydrogens is 490 g/mol. The number of aliphatic imine (C=N–C) groups is 1. The molecule has 1 aliphatic carbocycles. The van der Waals surface area contributed by atoms with E-state index in [-0.39, 0.29) is 23.8 Å². The largest absolute Gasteiger partial charge is 0.468 e. The highest BCUT2D eigenvalue weighted by Gasteiger charge is 2.29. The zero-order valence-electron chi connectivity index (χ0n) is 21.1. The second-order valence-corrected chi connectivity index (χ2v) is 9.69. The van der Waals surface area contributed by atoms with Crippen LogP contribution in [-0.4, -0.2) is 67.4 Å². The summed E-state index contributed by atoms with van der Waals surface area (Å²) in [7, 11) is 1.58. The molecule has 0 unspecified atom stereocenters. The molecule has 1 saturated carbocycles. The summed E-state index contributed by atoms with van der Waals surface area (Å²) < 4.78 is 55.2. The lowest BCUT2D eigenvalue weighted by atomic mass is 9.81. The monoisotopic (exact) mass is 525 g/mol. The predicted molar refractivity (Wildman–Crippen MR) is 134 cm³/mol. The minimum atomic E-state index is -4.38. The van der Waals surface area contributed by atoms with Crippen LogP contribution in [-0.2, 0) is 17.6 Å². The maximum atomic E-state index is 13.2. The number of rotatable bonds is 10. The lowest BCUT2D eigenvalue weighted by molar-refractivity contribution is -0.154. The van der Waals surface area contributed by atoms with Gasteiger partial charge in [0.15, 0.2) is 6.61 Å². The Hall–Kier alpha value is -2.82. The summed E-state index contributed by atoms with van der Waals surface area (Å²) in [6.45, 7) is 1.33. The van der Waals surface area contributed by atoms with Gasteiger partial charge in [-0.05, 0) is 62.5 Å². The molecule has 1 aromatic heterocycles. The van der Waals surface area contributed by atoms with Gasteiger partial charge < -0.3 is 15.0 Å². The SMILES string of the molecule is CN/C=C(/CC(=O)/N=C\C1CCC(CCN2CCc3ccc(OCC(F)(F)F)nc3CC2)CC1)C(=N)F. The molecule has 2 heterocycles. The Morgan fingerprint density at radius 2 is 1.97 bits per heavy atom. The Labute approximate surface area is 214 Å². The van der Waals surface area contributed by atoms with Gasteiger partial charge in [0.1, 0.15) is 0 Å². The van der Waals surface area contributed by atoms with Gasteiger partial charge in [-0.1, -0.05) is 6.07 Å². The Balaban J connectivity index is 1.38. The molecule has 11 heteroatoms. The Bertz CT molecular complexity index is 988. The van der Waals surface area contributed by atoms with Crippen LogP contribution in [0.5, 0.6) is 5.88 Å². The number of fused-ring (bicyclic) bond motifs is 1. The first-order valence-corrected chi connectivity index (χ1v) is 12.7. The minimum absolute atomic E-state index is 0.0169. The summed E-state index contributed by atoms with van der Waals surface area (Å²) >= 11 is 0. The summed E-state index contributed by atoms with van der Waals surface area (Å²) in [6, 6.07) is 3.34. The number of carbonyl (C=O) groups excluding carboxylic acids is 1. The fourth-order valence-electron chi connectivity index (χ4n) is 4.82. The van der Waals surface area contributed by atoms with Crippen LogP contribution in [0.4, 0.5) is 17.6 Å². The molecule has 1 amide bonds. The number of pyridine rings is 1. The molecule has 1 aromatic rings. The number of alkyl halides is 3. The standard InChI is InChI=1S/C26H35F4N5O2/c1-32-16-21(25(27)31)14-23(36)33-15-19-4-2-18(3-5-19)8-11-35-12-9-20-6-7-24(34-22(20)10-13-35)37-17-26(28,29)30/h6-7,15-16,18-19,31-32H,2-5,8-14,17H2,1H3/b21-16-,31-25?,33-15-. The number of aromatic nitrogens is 1. The van der Waals surface area contributed by atoms with Crippen LogP contribution >= 0.6 is 0 Å². The van der Waals surface area contributed by atoms with Gasteiger partial charge in [-0.3, -0.25) is 10.2 Å². The first kappa shape index (κ1) is 28.7. The molecule has 204 valence electrons. The molecule has 0 saturated heterocycles. The lowest BCUT2D eigenvalue weighted by Gasteiger charge is -2.28. The third kappa shape index (κ3) is 9.87. The summed E-state index contributed by atoms with van der Waals surface area (Å²) in [6.07, 6.45) is 4.95. The van der Waals surface area contributed by atoms with E-state index in [1.807, 2.05) is 6.07 Å². The van der Waals surface area contributed by atoms with Crippen molar-refractivity contribution in [3.8, 4) is 5.88 Å². The third-order valence-corrected chi connectivity index (χ3v) is 6.91. The quantitative estimate of drug-likeness (QED) is 0.343. The second kappa shape index (κ2) is 13.6. The van der Waals surface area contributed by atoms with E-state index in [9.17, 15) is 22.4 Å². The van der Waals surface area contributed by atoms with E-state index in [4.69, 9.17) is 10.1 Å². The maximum absolute atomic E-state index is 13.2. The number of hydrogen-bond acceptors (Lipinski definition) is 6. The van der Waals surface area contributed by atoms with Crippen molar-refractivity contribution in [2.45, 2.75) is 57.5 Å². The van der Waals surface area contributed by atoms with E-state index in [0.717, 1.165) is 69.4 Å². The normalized spacial score (nSPS) is 21.4. The van der Waals surface area contributed by atoms with Crippen molar-refractivity contribution in [1.29, 1.82) is 5.41 Å². The van der Waals surface area contributed by atoms with E-state index >= 15 is 0 Å². The van der Waals surface area contributed by atoms with Gasteiger partial charge in [-0.15, -0.1) is 0 Å². The van der Waals surface area contributed by atoms with Gasteiger partial charge in [0.2, 0.25) is 17.8 Å². The molecule has 0 aromatic carbocycles. The molecule has 3 rings (SSSR count). The van der Waals surface area contributed by atoms with Crippen LogP contribution in [0.3, 0.4) is 0 Å². The van der Waals surface area contributed by atoms with Crippen molar-refractivity contribution >= 4 is 18.1 Å². The third-order valence-electron chi connectivity index (χ3n) is 6.91. The number of ether oxygens (including phenoxy) is 1. The highest BCUT2D eigenvalue weighted by molar-refractivity contribution is 5.97. The van der Waals surface area contributed by atoms with Crippen molar-refractivity contribution in [1.82, 2.24) is 15.2 Å². The zero-order valence-corrected chi connectivity index (χ0v) is 21.1. The number of amides is 1. The van der Waals surface area contributed by atoms with Crippen molar-refractivity contribution in [2.24, 2.45) is 16.8 Å².